The fraction of sp³-hybridized carbons (Fsp3) is 0.429. The zero-order chi connectivity index (χ0) is 12.2. The van der Waals surface area contributed by atoms with Gasteiger partial charge in [-0.2, -0.15) is 0 Å². The number of thiophene rings is 1. The summed E-state index contributed by atoms with van der Waals surface area (Å²) in [6.45, 7) is 4.46. The van der Waals surface area contributed by atoms with Gasteiger partial charge in [0, 0.05) is 9.17 Å². The van der Waals surface area contributed by atoms with Gasteiger partial charge in [0.05, 0.1) is 6.10 Å². The summed E-state index contributed by atoms with van der Waals surface area (Å²) in [5.74, 6) is 0.416. The molecule has 1 aromatic carbocycles. The van der Waals surface area contributed by atoms with Gasteiger partial charge in [0.2, 0.25) is 0 Å². The molecule has 3 heteroatoms. The lowest BCUT2D eigenvalue weighted by Gasteiger charge is -2.11. The molecule has 1 fully saturated rings. The molecule has 0 radical (unpaired) electrons. The van der Waals surface area contributed by atoms with E-state index in [0.717, 1.165) is 16.5 Å². The van der Waals surface area contributed by atoms with Gasteiger partial charge in [0.25, 0.3) is 0 Å². The van der Waals surface area contributed by atoms with Crippen molar-refractivity contribution in [1.29, 1.82) is 0 Å². The largest absolute Gasteiger partial charge is 0.388 e. The predicted molar refractivity (Wildman–Crippen MR) is 76.4 cm³/mol. The first kappa shape index (κ1) is 11.7. The molecule has 1 aromatic heterocycles. The van der Waals surface area contributed by atoms with Crippen LogP contribution in [0.3, 0.4) is 0 Å². The van der Waals surface area contributed by atoms with Gasteiger partial charge in [-0.05, 0) is 56.1 Å². The molecular weight excluding hydrogens is 296 g/mol. The van der Waals surface area contributed by atoms with Crippen LogP contribution in [-0.4, -0.2) is 5.11 Å². The average Bonchev–Trinajstić information content (AvgIpc) is 2.74. The van der Waals surface area contributed by atoms with E-state index in [1.807, 2.05) is 6.07 Å². The SMILES string of the molecule is CC1(C)CC1C(O)c1csc2c(Br)cccc12. The number of aliphatic hydroxyl groups excluding tert-OH is 1. The van der Waals surface area contributed by atoms with Crippen molar-refractivity contribution in [3.63, 3.8) is 0 Å². The van der Waals surface area contributed by atoms with Gasteiger partial charge in [-0.1, -0.05) is 26.0 Å². The fourth-order valence-electron chi connectivity index (χ4n) is 2.53. The van der Waals surface area contributed by atoms with Crippen LogP contribution in [-0.2, 0) is 0 Å². The van der Waals surface area contributed by atoms with Crippen LogP contribution in [0, 0.1) is 11.3 Å². The molecule has 0 amide bonds. The summed E-state index contributed by atoms with van der Waals surface area (Å²) in [5.41, 5.74) is 1.40. The molecule has 1 aliphatic rings. The van der Waals surface area contributed by atoms with Gasteiger partial charge >= 0.3 is 0 Å². The van der Waals surface area contributed by atoms with E-state index in [1.54, 1.807) is 11.3 Å². The third kappa shape index (κ3) is 1.85. The highest BCUT2D eigenvalue weighted by atomic mass is 79.9. The number of hydrogen-bond donors (Lipinski definition) is 1. The van der Waals surface area contributed by atoms with Gasteiger partial charge in [0.1, 0.15) is 0 Å². The highest BCUT2D eigenvalue weighted by Gasteiger charge is 2.50. The maximum Gasteiger partial charge on any atom is 0.0837 e. The number of fused-ring (bicyclic) bond motifs is 1. The summed E-state index contributed by atoms with van der Waals surface area (Å²) in [6, 6.07) is 6.19. The number of benzene rings is 1. The van der Waals surface area contributed by atoms with Crippen molar-refractivity contribution in [2.24, 2.45) is 11.3 Å². The van der Waals surface area contributed by atoms with E-state index in [4.69, 9.17) is 0 Å². The van der Waals surface area contributed by atoms with Crippen LogP contribution in [0.15, 0.2) is 28.1 Å². The van der Waals surface area contributed by atoms with Crippen molar-refractivity contribution < 1.29 is 5.11 Å². The monoisotopic (exact) mass is 310 g/mol. The normalized spacial score (nSPS) is 23.9. The zero-order valence-electron chi connectivity index (χ0n) is 9.90. The summed E-state index contributed by atoms with van der Waals surface area (Å²) >= 11 is 5.27. The minimum Gasteiger partial charge on any atom is -0.388 e. The molecule has 90 valence electrons. The Bertz CT molecular complexity index is 573. The van der Waals surface area contributed by atoms with Gasteiger partial charge in [-0.25, -0.2) is 0 Å². The summed E-state index contributed by atoms with van der Waals surface area (Å²) in [7, 11) is 0. The Kier molecular flexibility index (Phi) is 2.62. The first-order valence-electron chi connectivity index (χ1n) is 5.84. The van der Waals surface area contributed by atoms with E-state index in [1.165, 1.54) is 10.1 Å². The van der Waals surface area contributed by atoms with Gasteiger partial charge in [0.15, 0.2) is 0 Å². The molecule has 0 saturated heterocycles. The molecular formula is C14H15BrOS. The Labute approximate surface area is 114 Å². The Morgan fingerprint density at radius 2 is 2.18 bits per heavy atom. The molecule has 0 aliphatic heterocycles. The smallest absolute Gasteiger partial charge is 0.0837 e. The molecule has 0 spiro atoms. The minimum atomic E-state index is -0.312. The van der Waals surface area contributed by atoms with Crippen LogP contribution in [0.1, 0.15) is 31.9 Å². The maximum absolute atomic E-state index is 10.5. The van der Waals surface area contributed by atoms with Crippen LogP contribution in [0.4, 0.5) is 0 Å². The first-order chi connectivity index (χ1) is 8.00. The van der Waals surface area contributed by atoms with Crippen LogP contribution in [0.2, 0.25) is 0 Å². The zero-order valence-corrected chi connectivity index (χ0v) is 12.3. The van der Waals surface area contributed by atoms with Crippen molar-refractivity contribution in [2.75, 3.05) is 0 Å². The van der Waals surface area contributed by atoms with Crippen molar-refractivity contribution in [3.8, 4) is 0 Å². The Morgan fingerprint density at radius 3 is 2.82 bits per heavy atom. The second-order valence-electron chi connectivity index (χ2n) is 5.55. The molecule has 2 unspecified atom stereocenters. The molecule has 1 nitrogen and oxygen atoms in total. The standard InChI is InChI=1S/C14H15BrOS/c1-14(2)6-10(14)12(16)9-7-17-13-8(9)4-3-5-11(13)15/h3-5,7,10,12,16H,6H2,1-2H3. The van der Waals surface area contributed by atoms with Gasteiger partial charge < -0.3 is 5.11 Å². The van der Waals surface area contributed by atoms with Crippen molar-refractivity contribution in [1.82, 2.24) is 0 Å². The van der Waals surface area contributed by atoms with Crippen LogP contribution < -0.4 is 0 Å². The quantitative estimate of drug-likeness (QED) is 0.849. The highest BCUT2D eigenvalue weighted by Crippen LogP contribution is 2.58. The predicted octanol–water partition coefficient (Wildman–Crippen LogP) is 4.74. The second-order valence-corrected chi connectivity index (χ2v) is 7.29. The summed E-state index contributed by atoms with van der Waals surface area (Å²) < 4.78 is 2.36. The fourth-order valence-corrected chi connectivity index (χ4v) is 4.19. The van der Waals surface area contributed by atoms with Gasteiger partial charge in [-0.15, -0.1) is 11.3 Å². The molecule has 2 aromatic rings. The van der Waals surface area contributed by atoms with E-state index < -0.39 is 0 Å². The van der Waals surface area contributed by atoms with E-state index in [9.17, 15) is 5.11 Å². The minimum absolute atomic E-state index is 0.305. The Morgan fingerprint density at radius 1 is 1.47 bits per heavy atom. The topological polar surface area (TPSA) is 20.2 Å². The molecule has 17 heavy (non-hydrogen) atoms. The highest BCUT2D eigenvalue weighted by molar-refractivity contribution is 9.10. The lowest BCUT2D eigenvalue weighted by atomic mass is 9.99. The number of rotatable bonds is 2. The van der Waals surface area contributed by atoms with Gasteiger partial charge in [-0.3, -0.25) is 0 Å². The summed E-state index contributed by atoms with van der Waals surface area (Å²) in [4.78, 5) is 0. The van der Waals surface area contributed by atoms with E-state index in [2.05, 4.69) is 47.3 Å². The first-order valence-corrected chi connectivity index (χ1v) is 7.51. The lowest BCUT2D eigenvalue weighted by molar-refractivity contribution is 0.140. The van der Waals surface area contributed by atoms with Crippen molar-refractivity contribution >= 4 is 37.4 Å². The third-order valence-electron chi connectivity index (χ3n) is 3.87. The molecule has 1 aliphatic carbocycles. The molecule has 1 heterocycles. The van der Waals surface area contributed by atoms with Crippen LogP contribution in [0.25, 0.3) is 10.1 Å². The summed E-state index contributed by atoms with van der Waals surface area (Å²) in [6.07, 6.45) is 0.813. The number of aliphatic hydroxyl groups is 1. The van der Waals surface area contributed by atoms with Crippen LogP contribution >= 0.6 is 27.3 Å². The molecule has 2 atom stereocenters. The maximum atomic E-state index is 10.5. The second kappa shape index (κ2) is 3.81. The van der Waals surface area contributed by atoms with E-state index in [0.29, 0.717) is 11.3 Å². The Hall–Kier alpha value is -0.380. The number of hydrogen-bond acceptors (Lipinski definition) is 2. The number of halogens is 1. The molecule has 1 N–H and O–H groups in total. The van der Waals surface area contributed by atoms with Crippen molar-refractivity contribution in [3.05, 3.63) is 33.6 Å². The third-order valence-corrected chi connectivity index (χ3v) is 5.84. The van der Waals surface area contributed by atoms with Crippen LogP contribution in [0.5, 0.6) is 0 Å². The lowest BCUT2D eigenvalue weighted by Crippen LogP contribution is -2.03. The van der Waals surface area contributed by atoms with E-state index >= 15 is 0 Å². The molecule has 1 saturated carbocycles. The Balaban J connectivity index is 2.04. The average molecular weight is 311 g/mol. The molecule has 3 rings (SSSR count). The van der Waals surface area contributed by atoms with E-state index in [-0.39, 0.29) is 6.10 Å². The van der Waals surface area contributed by atoms with Crippen molar-refractivity contribution in [2.45, 2.75) is 26.4 Å². The summed E-state index contributed by atoms with van der Waals surface area (Å²) in [5, 5.41) is 13.8. The molecule has 0 bridgehead atoms.